The second-order valence-corrected chi connectivity index (χ2v) is 9.66. The van der Waals surface area contributed by atoms with Crippen LogP contribution in [0, 0.1) is 0 Å². The van der Waals surface area contributed by atoms with Gasteiger partial charge in [-0.1, -0.05) is 30.3 Å². The van der Waals surface area contributed by atoms with Crippen LogP contribution in [0.5, 0.6) is 5.75 Å². The number of methoxy groups -OCH3 is 1. The largest absolute Gasteiger partial charge is 0.497 e. The lowest BCUT2D eigenvalue weighted by atomic mass is 10.0. The van der Waals surface area contributed by atoms with Crippen LogP contribution in [0.1, 0.15) is 39.7 Å². The highest BCUT2D eigenvalue weighted by Gasteiger charge is 2.24. The highest BCUT2D eigenvalue weighted by Crippen LogP contribution is 2.29. The summed E-state index contributed by atoms with van der Waals surface area (Å²) in [5.74, 6) is 1.72. The maximum atomic E-state index is 13.1. The number of nitrogens with one attached hydrogen (secondary N) is 1. The minimum atomic E-state index is -0.00742. The van der Waals surface area contributed by atoms with Crippen molar-refractivity contribution in [3.05, 3.63) is 82.0 Å². The molecule has 4 nitrogen and oxygen atoms in total. The van der Waals surface area contributed by atoms with Gasteiger partial charge in [0.1, 0.15) is 5.75 Å². The van der Waals surface area contributed by atoms with Gasteiger partial charge in [0.25, 0.3) is 5.91 Å². The van der Waals surface area contributed by atoms with Gasteiger partial charge in [-0.25, -0.2) is 0 Å². The predicted molar refractivity (Wildman–Crippen MR) is 129 cm³/mol. The third-order valence-corrected chi connectivity index (χ3v) is 7.80. The van der Waals surface area contributed by atoms with Gasteiger partial charge in [-0.15, -0.1) is 23.1 Å². The molecule has 1 aliphatic heterocycles. The summed E-state index contributed by atoms with van der Waals surface area (Å²) in [7, 11) is 1.68. The smallest absolute Gasteiger partial charge is 0.252 e. The zero-order valence-electron chi connectivity index (χ0n) is 17.8. The van der Waals surface area contributed by atoms with Gasteiger partial charge in [-0.3, -0.25) is 9.69 Å². The van der Waals surface area contributed by atoms with Crippen molar-refractivity contribution in [1.82, 2.24) is 10.2 Å². The summed E-state index contributed by atoms with van der Waals surface area (Å²) < 4.78 is 5.31. The number of carbonyl (C=O) groups is 1. The fraction of sp³-hybridized carbons (Fsp3) is 0.320. The average molecular weight is 453 g/mol. The van der Waals surface area contributed by atoms with Crippen LogP contribution in [0.3, 0.4) is 0 Å². The molecule has 4 rings (SSSR count). The van der Waals surface area contributed by atoms with E-state index in [0.29, 0.717) is 6.54 Å². The topological polar surface area (TPSA) is 41.6 Å². The maximum Gasteiger partial charge on any atom is 0.252 e. The van der Waals surface area contributed by atoms with E-state index >= 15 is 0 Å². The van der Waals surface area contributed by atoms with Gasteiger partial charge in [0.15, 0.2) is 0 Å². The van der Waals surface area contributed by atoms with Crippen molar-refractivity contribution in [3.8, 4) is 5.75 Å². The van der Waals surface area contributed by atoms with Crippen LogP contribution in [0.2, 0.25) is 0 Å². The minimum Gasteiger partial charge on any atom is -0.497 e. The number of ether oxygens (including phenoxy) is 1. The van der Waals surface area contributed by atoms with Gasteiger partial charge < -0.3 is 10.1 Å². The molecule has 6 heteroatoms. The first-order chi connectivity index (χ1) is 15.2. The summed E-state index contributed by atoms with van der Waals surface area (Å²) in [4.78, 5) is 17.9. The Morgan fingerprint density at radius 2 is 1.87 bits per heavy atom. The maximum absolute atomic E-state index is 13.1. The molecule has 3 aromatic rings. The van der Waals surface area contributed by atoms with Gasteiger partial charge >= 0.3 is 0 Å². The van der Waals surface area contributed by atoms with Crippen LogP contribution in [-0.2, 0) is 5.75 Å². The van der Waals surface area contributed by atoms with E-state index < -0.39 is 0 Å². The number of likely N-dealkylation sites (tertiary alicyclic amines) is 1. The molecule has 0 radical (unpaired) electrons. The van der Waals surface area contributed by atoms with Gasteiger partial charge in [0, 0.05) is 22.1 Å². The lowest BCUT2D eigenvalue weighted by Crippen LogP contribution is -2.37. The highest BCUT2D eigenvalue weighted by atomic mass is 32.2. The van der Waals surface area contributed by atoms with E-state index in [0.717, 1.165) is 35.1 Å². The normalized spacial score (nSPS) is 15.0. The lowest BCUT2D eigenvalue weighted by Gasteiger charge is -2.28. The molecule has 1 atom stereocenters. The molecule has 1 saturated heterocycles. The Labute approximate surface area is 192 Å². The molecule has 2 aromatic carbocycles. The Balaban J connectivity index is 1.45. The first-order valence-corrected chi connectivity index (χ1v) is 12.5. The second-order valence-electron chi connectivity index (χ2n) is 7.61. The van der Waals surface area contributed by atoms with Crippen LogP contribution < -0.4 is 10.1 Å². The molecule has 1 aliphatic rings. The van der Waals surface area contributed by atoms with Crippen molar-refractivity contribution >= 4 is 29.0 Å². The molecule has 162 valence electrons. The Morgan fingerprint density at radius 3 is 2.58 bits per heavy atom. The van der Waals surface area contributed by atoms with Gasteiger partial charge in [-0.2, -0.15) is 0 Å². The summed E-state index contributed by atoms with van der Waals surface area (Å²) in [6.45, 7) is 2.73. The molecular weight excluding hydrogens is 424 g/mol. The molecule has 31 heavy (non-hydrogen) atoms. The number of amides is 1. The van der Waals surface area contributed by atoms with Gasteiger partial charge in [0.05, 0.1) is 18.7 Å². The van der Waals surface area contributed by atoms with Crippen molar-refractivity contribution in [2.45, 2.75) is 29.5 Å². The average Bonchev–Trinajstić information content (AvgIpc) is 3.53. The molecular formula is C25H28N2O2S2. The van der Waals surface area contributed by atoms with Crippen LogP contribution in [0.4, 0.5) is 0 Å². The van der Waals surface area contributed by atoms with Crippen LogP contribution in [-0.4, -0.2) is 37.6 Å². The van der Waals surface area contributed by atoms with Crippen molar-refractivity contribution in [1.29, 1.82) is 0 Å². The molecule has 0 spiro atoms. The number of rotatable bonds is 9. The zero-order chi connectivity index (χ0) is 21.5. The van der Waals surface area contributed by atoms with Crippen molar-refractivity contribution < 1.29 is 9.53 Å². The summed E-state index contributed by atoms with van der Waals surface area (Å²) in [5, 5.41) is 5.30. The van der Waals surface area contributed by atoms with Crippen LogP contribution in [0.15, 0.2) is 70.9 Å². The van der Waals surface area contributed by atoms with E-state index in [1.165, 1.54) is 23.3 Å². The lowest BCUT2D eigenvalue weighted by molar-refractivity contribution is 0.0935. The van der Waals surface area contributed by atoms with Crippen molar-refractivity contribution in [2.24, 2.45) is 0 Å². The molecule has 1 N–H and O–H groups in total. The predicted octanol–water partition coefficient (Wildman–Crippen LogP) is 5.62. The summed E-state index contributed by atoms with van der Waals surface area (Å²) in [6, 6.07) is 20.5. The van der Waals surface area contributed by atoms with E-state index in [1.807, 2.05) is 36.4 Å². The van der Waals surface area contributed by atoms with Crippen molar-refractivity contribution in [2.75, 3.05) is 26.7 Å². The zero-order valence-corrected chi connectivity index (χ0v) is 19.4. The fourth-order valence-electron chi connectivity index (χ4n) is 3.95. The summed E-state index contributed by atoms with van der Waals surface area (Å²) >= 11 is 3.47. The van der Waals surface area contributed by atoms with E-state index in [4.69, 9.17) is 4.74 Å². The number of hydrogen-bond donors (Lipinski definition) is 1. The molecule has 1 fully saturated rings. The fourth-order valence-corrected chi connectivity index (χ4v) is 5.77. The summed E-state index contributed by atoms with van der Waals surface area (Å²) in [6.07, 6.45) is 2.42. The summed E-state index contributed by atoms with van der Waals surface area (Å²) in [5.41, 5.74) is 1.96. The first kappa shape index (κ1) is 21.9. The van der Waals surface area contributed by atoms with Crippen LogP contribution >= 0.6 is 23.1 Å². The number of thiophene rings is 1. The Hall–Kier alpha value is -2.28. The molecule has 0 saturated carbocycles. The number of hydrogen-bond acceptors (Lipinski definition) is 5. The van der Waals surface area contributed by atoms with Gasteiger partial charge in [0.2, 0.25) is 0 Å². The van der Waals surface area contributed by atoms with E-state index in [-0.39, 0.29) is 11.9 Å². The SMILES string of the molecule is COc1ccc(C(CNC(=O)c2ccccc2SCc2cccs2)N2CCCC2)cc1. The number of benzene rings is 2. The molecule has 1 aromatic heterocycles. The van der Waals surface area contributed by atoms with Gasteiger partial charge in [-0.05, 0) is 67.2 Å². The van der Waals surface area contributed by atoms with Crippen LogP contribution in [0.25, 0.3) is 0 Å². The van der Waals surface area contributed by atoms with E-state index in [2.05, 4.69) is 39.9 Å². The highest BCUT2D eigenvalue weighted by molar-refractivity contribution is 7.98. The number of carbonyl (C=O) groups excluding carboxylic acids is 1. The number of nitrogens with zero attached hydrogens (tertiary/aromatic N) is 1. The Kier molecular flexibility index (Phi) is 7.67. The minimum absolute atomic E-state index is 0.00742. The van der Waals surface area contributed by atoms with E-state index in [1.54, 1.807) is 30.2 Å². The second kappa shape index (κ2) is 10.8. The molecule has 1 unspecified atom stereocenters. The Bertz CT molecular complexity index is 967. The molecule has 0 bridgehead atoms. The standard InChI is InChI=1S/C25H28N2O2S2/c1-29-20-12-10-19(11-13-20)23(27-14-4-5-15-27)17-26-25(28)22-8-2-3-9-24(22)31-18-21-7-6-16-30-21/h2-3,6-13,16,23H,4-5,14-15,17-18H2,1H3,(H,26,28). The molecule has 0 aliphatic carbocycles. The Morgan fingerprint density at radius 1 is 1.10 bits per heavy atom. The molecule has 1 amide bonds. The molecule has 2 heterocycles. The van der Waals surface area contributed by atoms with E-state index in [9.17, 15) is 4.79 Å². The third kappa shape index (κ3) is 5.70. The van der Waals surface area contributed by atoms with Crippen molar-refractivity contribution in [3.63, 3.8) is 0 Å². The monoisotopic (exact) mass is 452 g/mol. The quantitative estimate of drug-likeness (QED) is 0.428. The third-order valence-electron chi connectivity index (χ3n) is 5.62. The number of thioether (sulfide) groups is 1. The first-order valence-electron chi connectivity index (χ1n) is 10.6.